The van der Waals surface area contributed by atoms with Crippen molar-refractivity contribution in [2.45, 2.75) is 68.4 Å². The summed E-state index contributed by atoms with van der Waals surface area (Å²) in [6.45, 7) is 14.0. The van der Waals surface area contributed by atoms with E-state index in [0.29, 0.717) is 6.54 Å². The highest BCUT2D eigenvalue weighted by molar-refractivity contribution is 7.99. The van der Waals surface area contributed by atoms with Crippen LogP contribution in [0.25, 0.3) is 11.2 Å². The van der Waals surface area contributed by atoms with Gasteiger partial charge in [-0.2, -0.15) is 0 Å². The predicted molar refractivity (Wildman–Crippen MR) is 137 cm³/mol. The Hall–Kier alpha value is -2.82. The Balaban J connectivity index is 1.40. The van der Waals surface area contributed by atoms with Crippen LogP contribution < -0.4 is 5.32 Å². The maximum absolute atomic E-state index is 6.59. The molecule has 0 fully saturated rings. The van der Waals surface area contributed by atoms with Gasteiger partial charge in [-0.15, -0.1) is 0 Å². The van der Waals surface area contributed by atoms with E-state index in [9.17, 15) is 0 Å². The summed E-state index contributed by atoms with van der Waals surface area (Å²) in [7, 11) is -1.95. The fraction of sp³-hybridized carbons (Fsp3) is 0.375. The second kappa shape index (κ2) is 8.44. The molecule has 1 aliphatic rings. The molecule has 1 unspecified atom stereocenters. The molecule has 10 heteroatoms. The average molecular weight is 492 g/mol. The lowest BCUT2D eigenvalue weighted by atomic mass is 10.2. The Kier molecular flexibility index (Phi) is 5.69. The largest absolute Gasteiger partial charge is 0.409 e. The summed E-state index contributed by atoms with van der Waals surface area (Å²) in [4.78, 5) is 23.7. The summed E-state index contributed by atoms with van der Waals surface area (Å²) >= 11 is 1.63. The van der Waals surface area contributed by atoms with E-state index in [2.05, 4.69) is 93.8 Å². The summed E-state index contributed by atoms with van der Waals surface area (Å²) in [5, 5.41) is 4.41. The number of hydrogen-bond donors (Lipinski definition) is 1. The third kappa shape index (κ3) is 4.21. The standard InChI is InChI=1S/C24H29N7OSSi/c1-15(32-34(5,6)24(2,3)4)19-20-22(28-13-27-19)31(14-29-20)12-16-7-8-18-17(11-16)30-21-23(33-18)26-10-9-25-21/h7-11,13-15H,12H2,1-6H3,(H,25,30). The van der Waals surface area contributed by atoms with Crippen LogP contribution in [0.3, 0.4) is 0 Å². The van der Waals surface area contributed by atoms with E-state index in [4.69, 9.17) is 4.43 Å². The molecule has 34 heavy (non-hydrogen) atoms. The van der Waals surface area contributed by atoms with Crippen LogP contribution in [0.5, 0.6) is 0 Å². The molecule has 176 valence electrons. The molecule has 0 bridgehead atoms. The van der Waals surface area contributed by atoms with Crippen LogP contribution in [-0.2, 0) is 11.0 Å². The molecule has 0 amide bonds. The van der Waals surface area contributed by atoms with Crippen molar-refractivity contribution in [2.24, 2.45) is 0 Å². The summed E-state index contributed by atoms with van der Waals surface area (Å²) in [6.07, 6.45) is 6.71. The van der Waals surface area contributed by atoms with Crippen molar-refractivity contribution < 1.29 is 4.43 Å². The first kappa shape index (κ1) is 22.9. The highest BCUT2D eigenvalue weighted by Gasteiger charge is 2.39. The summed E-state index contributed by atoms with van der Waals surface area (Å²) in [6, 6.07) is 6.40. The van der Waals surface area contributed by atoms with Crippen molar-refractivity contribution in [2.75, 3.05) is 5.32 Å². The molecule has 5 rings (SSSR count). The molecule has 0 aliphatic carbocycles. The first-order valence-corrected chi connectivity index (χ1v) is 15.1. The summed E-state index contributed by atoms with van der Waals surface area (Å²) in [5.41, 5.74) is 4.62. The first-order chi connectivity index (χ1) is 16.1. The highest BCUT2D eigenvalue weighted by atomic mass is 32.2. The molecule has 1 aromatic carbocycles. The number of nitrogens with one attached hydrogen (secondary N) is 1. The van der Waals surface area contributed by atoms with Crippen LogP contribution in [-0.4, -0.2) is 37.8 Å². The molecule has 8 nitrogen and oxygen atoms in total. The van der Waals surface area contributed by atoms with Gasteiger partial charge in [0, 0.05) is 17.3 Å². The second-order valence-electron chi connectivity index (χ2n) is 10.1. The molecule has 1 aliphatic heterocycles. The van der Waals surface area contributed by atoms with Crippen LogP contribution in [0, 0.1) is 0 Å². The van der Waals surface area contributed by atoms with Crippen LogP contribution in [0.15, 0.2) is 53.2 Å². The van der Waals surface area contributed by atoms with Gasteiger partial charge in [-0.3, -0.25) is 0 Å². The van der Waals surface area contributed by atoms with Crippen LogP contribution in [0.1, 0.15) is 45.1 Å². The molecular formula is C24H29N7OSSi. The molecule has 4 aromatic rings. The normalized spacial score (nSPS) is 14.4. The van der Waals surface area contributed by atoms with E-state index in [0.717, 1.165) is 43.8 Å². The molecular weight excluding hydrogens is 462 g/mol. The van der Waals surface area contributed by atoms with E-state index >= 15 is 0 Å². The SMILES string of the molecule is CC(O[Si](C)(C)C(C)(C)C)c1ncnc2c1ncn2Cc1ccc2c(c1)Nc1nccnc1S2. The van der Waals surface area contributed by atoms with Gasteiger partial charge in [0.2, 0.25) is 0 Å². The Morgan fingerprint density at radius 2 is 1.88 bits per heavy atom. The number of benzene rings is 1. The van der Waals surface area contributed by atoms with Gasteiger partial charge in [-0.25, -0.2) is 24.9 Å². The number of imidazole rings is 1. The zero-order chi connectivity index (χ0) is 24.1. The average Bonchev–Trinajstić information content (AvgIpc) is 3.19. The zero-order valence-electron chi connectivity index (χ0n) is 20.3. The Bertz CT molecular complexity index is 1370. The Morgan fingerprint density at radius 3 is 2.68 bits per heavy atom. The Morgan fingerprint density at radius 1 is 1.09 bits per heavy atom. The lowest BCUT2D eigenvalue weighted by Crippen LogP contribution is -2.41. The van der Waals surface area contributed by atoms with Crippen molar-refractivity contribution in [1.29, 1.82) is 0 Å². The third-order valence-electron chi connectivity index (χ3n) is 6.61. The summed E-state index contributed by atoms with van der Waals surface area (Å²) < 4.78 is 8.65. The molecule has 0 spiro atoms. The molecule has 1 N–H and O–H groups in total. The topological polar surface area (TPSA) is 90.6 Å². The minimum absolute atomic E-state index is 0.123. The monoisotopic (exact) mass is 491 g/mol. The van der Waals surface area contributed by atoms with Gasteiger partial charge in [0.05, 0.1) is 30.4 Å². The van der Waals surface area contributed by atoms with Crippen molar-refractivity contribution >= 4 is 42.7 Å². The van der Waals surface area contributed by atoms with Crippen LogP contribution >= 0.6 is 11.8 Å². The minimum Gasteiger partial charge on any atom is -0.409 e. The highest BCUT2D eigenvalue weighted by Crippen LogP contribution is 2.42. The molecule has 0 radical (unpaired) electrons. The van der Waals surface area contributed by atoms with Gasteiger partial charge >= 0.3 is 0 Å². The minimum atomic E-state index is -1.95. The number of nitrogens with zero attached hydrogens (tertiary/aromatic N) is 6. The van der Waals surface area contributed by atoms with E-state index in [-0.39, 0.29) is 11.1 Å². The summed E-state index contributed by atoms with van der Waals surface area (Å²) in [5.74, 6) is 0.790. The van der Waals surface area contributed by atoms with Crippen molar-refractivity contribution in [3.63, 3.8) is 0 Å². The van der Waals surface area contributed by atoms with Gasteiger partial charge in [0.1, 0.15) is 16.9 Å². The van der Waals surface area contributed by atoms with E-state index in [1.807, 2.05) is 6.33 Å². The van der Waals surface area contributed by atoms with Crippen molar-refractivity contribution in [1.82, 2.24) is 29.5 Å². The fourth-order valence-corrected chi connectivity index (χ4v) is 5.99. The zero-order valence-corrected chi connectivity index (χ0v) is 22.1. The molecule has 3 aromatic heterocycles. The van der Waals surface area contributed by atoms with E-state index in [1.165, 1.54) is 0 Å². The number of fused-ring (bicyclic) bond motifs is 3. The number of aromatic nitrogens is 6. The van der Waals surface area contributed by atoms with E-state index in [1.54, 1.807) is 30.5 Å². The van der Waals surface area contributed by atoms with Gasteiger partial charge in [0.25, 0.3) is 0 Å². The maximum Gasteiger partial charge on any atom is 0.192 e. The smallest absolute Gasteiger partial charge is 0.192 e. The fourth-order valence-electron chi connectivity index (χ4n) is 3.76. The quantitative estimate of drug-likeness (QED) is 0.301. The lowest BCUT2D eigenvalue weighted by molar-refractivity contribution is 0.199. The van der Waals surface area contributed by atoms with Crippen molar-refractivity contribution in [3.05, 3.63) is 54.5 Å². The predicted octanol–water partition coefficient (Wildman–Crippen LogP) is 5.96. The number of anilines is 2. The molecule has 1 atom stereocenters. The van der Waals surface area contributed by atoms with E-state index < -0.39 is 8.32 Å². The first-order valence-electron chi connectivity index (χ1n) is 11.3. The molecule has 4 heterocycles. The van der Waals surface area contributed by atoms with Gasteiger partial charge in [-0.1, -0.05) is 38.6 Å². The maximum atomic E-state index is 6.59. The molecule has 0 saturated carbocycles. The van der Waals surface area contributed by atoms with Gasteiger partial charge in [-0.05, 0) is 42.8 Å². The third-order valence-corrected chi connectivity index (χ3v) is 12.2. The Labute approximate surface area is 204 Å². The van der Waals surface area contributed by atoms with Crippen LogP contribution in [0.4, 0.5) is 11.5 Å². The number of hydrogen-bond acceptors (Lipinski definition) is 8. The van der Waals surface area contributed by atoms with Crippen LogP contribution in [0.2, 0.25) is 18.1 Å². The second-order valence-corrected chi connectivity index (χ2v) is 15.9. The van der Waals surface area contributed by atoms with Gasteiger partial charge < -0.3 is 14.3 Å². The van der Waals surface area contributed by atoms with Crippen molar-refractivity contribution in [3.8, 4) is 0 Å². The lowest BCUT2D eigenvalue weighted by Gasteiger charge is -2.38. The molecule has 0 saturated heterocycles. The number of rotatable bonds is 5. The van der Waals surface area contributed by atoms with Gasteiger partial charge in [0.15, 0.2) is 19.8 Å².